The fraction of sp³-hybridized carbons (Fsp3) is 0.333. The first-order valence-corrected chi connectivity index (χ1v) is 6.23. The summed E-state index contributed by atoms with van der Waals surface area (Å²) in [6.45, 7) is 9.26. The molecule has 0 fully saturated rings. The van der Waals surface area contributed by atoms with Crippen molar-refractivity contribution in [1.82, 2.24) is 9.97 Å². The number of aromatic nitrogens is 2. The van der Waals surface area contributed by atoms with Crippen LogP contribution in [0.2, 0.25) is 0 Å². The fourth-order valence-corrected chi connectivity index (χ4v) is 2.61. The maximum absolute atomic E-state index is 11.7. The van der Waals surface area contributed by atoms with Gasteiger partial charge >= 0.3 is 0 Å². The maximum atomic E-state index is 11.7. The van der Waals surface area contributed by atoms with Crippen LogP contribution in [0.5, 0.6) is 0 Å². The van der Waals surface area contributed by atoms with Gasteiger partial charge in [-0.05, 0) is 51.3 Å². The molecule has 100 valence electrons. The molecule has 0 radical (unpaired) electrons. The Morgan fingerprint density at radius 1 is 0.947 bits per heavy atom. The summed E-state index contributed by atoms with van der Waals surface area (Å²) in [6.07, 6.45) is 0.822. The van der Waals surface area contributed by atoms with Gasteiger partial charge in [0.05, 0.1) is 17.1 Å². The molecule has 2 aromatic rings. The van der Waals surface area contributed by atoms with Crippen LogP contribution < -0.4 is 0 Å². The summed E-state index contributed by atoms with van der Waals surface area (Å²) >= 11 is 0. The van der Waals surface area contributed by atoms with E-state index in [1.54, 1.807) is 6.92 Å². The lowest BCUT2D eigenvalue weighted by atomic mass is 10.0. The molecule has 0 amide bonds. The van der Waals surface area contributed by atoms with Gasteiger partial charge in [0.1, 0.15) is 0 Å². The van der Waals surface area contributed by atoms with Gasteiger partial charge < -0.3 is 9.97 Å². The molecule has 2 aromatic heterocycles. The minimum absolute atomic E-state index is 0.0500. The van der Waals surface area contributed by atoms with Crippen LogP contribution >= 0.6 is 0 Å². The van der Waals surface area contributed by atoms with Gasteiger partial charge in [-0.25, -0.2) is 0 Å². The molecule has 2 rings (SSSR count). The van der Waals surface area contributed by atoms with Crippen molar-refractivity contribution in [1.29, 1.82) is 0 Å². The molecule has 0 aromatic carbocycles. The molecule has 0 spiro atoms. The van der Waals surface area contributed by atoms with Crippen LogP contribution in [0.3, 0.4) is 0 Å². The Kier molecular flexibility index (Phi) is 3.18. The Hall–Kier alpha value is -2.10. The van der Waals surface area contributed by atoms with Crippen LogP contribution in [0.15, 0.2) is 0 Å². The number of rotatable bonds is 3. The number of hydrogen-bond donors (Lipinski definition) is 2. The number of aromatic amines is 2. The van der Waals surface area contributed by atoms with Crippen molar-refractivity contribution in [3.05, 3.63) is 33.6 Å². The minimum atomic E-state index is 0.0500. The van der Waals surface area contributed by atoms with E-state index in [1.807, 2.05) is 27.7 Å². The van der Waals surface area contributed by atoms with Crippen molar-refractivity contribution < 1.29 is 9.59 Å². The molecule has 4 heteroatoms. The van der Waals surface area contributed by atoms with Crippen molar-refractivity contribution in [2.45, 2.75) is 34.6 Å². The number of H-pyrrole nitrogens is 2. The zero-order valence-corrected chi connectivity index (χ0v) is 11.9. The molecular weight excluding hydrogens is 240 g/mol. The van der Waals surface area contributed by atoms with Crippen molar-refractivity contribution in [3.8, 4) is 11.4 Å². The maximum Gasteiger partial charge on any atom is 0.166 e. The Balaban J connectivity index is 2.70. The van der Waals surface area contributed by atoms with Crippen LogP contribution in [0.25, 0.3) is 11.4 Å². The summed E-state index contributed by atoms with van der Waals surface area (Å²) in [5.41, 5.74) is 6.84. The third-order valence-corrected chi connectivity index (χ3v) is 3.76. The van der Waals surface area contributed by atoms with Crippen LogP contribution in [-0.4, -0.2) is 22.0 Å². The Morgan fingerprint density at radius 2 is 1.53 bits per heavy atom. The quantitative estimate of drug-likeness (QED) is 0.655. The van der Waals surface area contributed by atoms with Gasteiger partial charge in [0.2, 0.25) is 0 Å². The normalized spacial score (nSPS) is 10.8. The number of hydrogen-bond acceptors (Lipinski definition) is 2. The lowest BCUT2D eigenvalue weighted by Crippen LogP contribution is -1.95. The second-order valence-electron chi connectivity index (χ2n) is 4.96. The van der Waals surface area contributed by atoms with Crippen molar-refractivity contribution in [2.75, 3.05) is 0 Å². The molecule has 0 atom stereocenters. The molecule has 0 aliphatic carbocycles. The summed E-state index contributed by atoms with van der Waals surface area (Å²) in [5, 5.41) is 0. The highest BCUT2D eigenvalue weighted by atomic mass is 16.1. The van der Waals surface area contributed by atoms with Crippen LogP contribution in [0, 0.1) is 27.7 Å². The Labute approximate surface area is 112 Å². The average molecular weight is 258 g/mol. The molecule has 0 aliphatic rings. The number of nitrogens with one attached hydrogen (secondary N) is 2. The van der Waals surface area contributed by atoms with Gasteiger partial charge in [0.25, 0.3) is 0 Å². The van der Waals surface area contributed by atoms with E-state index in [4.69, 9.17) is 0 Å². The van der Waals surface area contributed by atoms with E-state index in [1.165, 1.54) is 0 Å². The molecule has 19 heavy (non-hydrogen) atoms. The number of carbonyl (C=O) groups is 2. The average Bonchev–Trinajstić information content (AvgIpc) is 2.78. The Bertz CT molecular complexity index is 675. The molecule has 0 saturated heterocycles. The van der Waals surface area contributed by atoms with E-state index in [0.717, 1.165) is 45.6 Å². The van der Waals surface area contributed by atoms with Gasteiger partial charge in [-0.15, -0.1) is 0 Å². The lowest BCUT2D eigenvalue weighted by molar-refractivity contribution is 0.101. The van der Waals surface area contributed by atoms with Gasteiger partial charge in [-0.1, -0.05) is 0 Å². The lowest BCUT2D eigenvalue weighted by Gasteiger charge is -2.00. The molecule has 4 nitrogen and oxygen atoms in total. The number of Topliss-reactive ketones (excluding diaryl/α,β-unsaturated/α-hetero) is 1. The Morgan fingerprint density at radius 3 is 1.95 bits per heavy atom. The summed E-state index contributed by atoms with van der Waals surface area (Å²) in [6, 6.07) is 0. The molecular formula is C15H18N2O2. The highest BCUT2D eigenvalue weighted by Crippen LogP contribution is 2.31. The highest BCUT2D eigenvalue weighted by molar-refractivity contribution is 5.98. The van der Waals surface area contributed by atoms with E-state index >= 15 is 0 Å². The summed E-state index contributed by atoms with van der Waals surface area (Å²) in [4.78, 5) is 29.0. The zero-order chi connectivity index (χ0) is 14.3. The van der Waals surface area contributed by atoms with Gasteiger partial charge in [0, 0.05) is 11.3 Å². The van der Waals surface area contributed by atoms with Crippen LogP contribution in [-0.2, 0) is 0 Å². The van der Waals surface area contributed by atoms with Crippen molar-refractivity contribution in [3.63, 3.8) is 0 Å². The van der Waals surface area contributed by atoms with Crippen molar-refractivity contribution in [2.24, 2.45) is 0 Å². The largest absolute Gasteiger partial charge is 0.357 e. The number of aldehydes is 1. The minimum Gasteiger partial charge on any atom is -0.357 e. The van der Waals surface area contributed by atoms with E-state index in [2.05, 4.69) is 9.97 Å². The van der Waals surface area contributed by atoms with Crippen LogP contribution in [0.1, 0.15) is 50.2 Å². The highest BCUT2D eigenvalue weighted by Gasteiger charge is 2.20. The first-order valence-electron chi connectivity index (χ1n) is 6.23. The molecule has 0 bridgehead atoms. The summed E-state index contributed by atoms with van der Waals surface area (Å²) in [7, 11) is 0. The van der Waals surface area contributed by atoms with Gasteiger partial charge in [-0.2, -0.15) is 0 Å². The molecule has 2 N–H and O–H groups in total. The van der Waals surface area contributed by atoms with E-state index < -0.39 is 0 Å². The molecule has 2 heterocycles. The number of carbonyl (C=O) groups excluding carboxylic acids is 2. The molecule has 0 saturated carbocycles. The second kappa shape index (κ2) is 4.53. The third kappa shape index (κ3) is 1.93. The third-order valence-electron chi connectivity index (χ3n) is 3.76. The second-order valence-corrected chi connectivity index (χ2v) is 4.96. The number of ketones is 1. The van der Waals surface area contributed by atoms with Gasteiger partial charge in [-0.3, -0.25) is 9.59 Å². The van der Waals surface area contributed by atoms with Crippen LogP contribution in [0.4, 0.5) is 0 Å². The summed E-state index contributed by atoms with van der Waals surface area (Å²) < 4.78 is 0. The standard InChI is InChI=1S/C15H18N2O2/c1-7-8(2)14(17-12(7)6-18)15-9(3)13(11(5)19)10(4)16-15/h6,16-17H,1-5H3. The molecule has 0 unspecified atom stereocenters. The number of aryl methyl sites for hydroxylation is 1. The van der Waals surface area contributed by atoms with Crippen molar-refractivity contribution >= 4 is 12.1 Å². The summed E-state index contributed by atoms with van der Waals surface area (Å²) in [5.74, 6) is 0.0500. The van der Waals surface area contributed by atoms with E-state index in [-0.39, 0.29) is 5.78 Å². The zero-order valence-electron chi connectivity index (χ0n) is 11.9. The fourth-order valence-electron chi connectivity index (χ4n) is 2.61. The molecule has 0 aliphatic heterocycles. The monoisotopic (exact) mass is 258 g/mol. The predicted octanol–water partition coefficient (Wildman–Crippen LogP) is 3.26. The van der Waals surface area contributed by atoms with E-state index in [0.29, 0.717) is 5.69 Å². The smallest absolute Gasteiger partial charge is 0.166 e. The SMILES string of the molecule is CC(=O)c1c(C)[nH]c(-c2[nH]c(C=O)c(C)c2C)c1C. The first-order chi connectivity index (χ1) is 8.88. The predicted molar refractivity (Wildman–Crippen MR) is 74.9 cm³/mol. The topological polar surface area (TPSA) is 65.7 Å². The van der Waals surface area contributed by atoms with Gasteiger partial charge in [0.15, 0.2) is 12.1 Å². The van der Waals surface area contributed by atoms with E-state index in [9.17, 15) is 9.59 Å². The first kappa shape index (κ1) is 13.3.